The zero-order valence-corrected chi connectivity index (χ0v) is 21.0. The summed E-state index contributed by atoms with van der Waals surface area (Å²) in [6.07, 6.45) is 2.63. The number of nitrogens with zero attached hydrogens (tertiary/aromatic N) is 4. The molecule has 1 aliphatic rings. The molecule has 0 radical (unpaired) electrons. The van der Waals surface area contributed by atoms with Crippen molar-refractivity contribution in [3.63, 3.8) is 0 Å². The summed E-state index contributed by atoms with van der Waals surface area (Å²) in [4.78, 5) is 17.3. The van der Waals surface area contributed by atoms with Crippen molar-refractivity contribution in [3.05, 3.63) is 64.5 Å². The molecule has 0 atom stereocenters. The number of methoxy groups -OCH3 is 1. The van der Waals surface area contributed by atoms with Gasteiger partial charge in [-0.25, -0.2) is 4.39 Å². The number of piperazine rings is 1. The molecule has 7 nitrogen and oxygen atoms in total. The van der Waals surface area contributed by atoms with Gasteiger partial charge in [-0.05, 0) is 58.2 Å². The number of benzene rings is 2. The average molecular weight is 530 g/mol. The van der Waals surface area contributed by atoms with E-state index in [2.05, 4.69) is 36.1 Å². The Morgan fingerprint density at radius 2 is 1.82 bits per heavy atom. The van der Waals surface area contributed by atoms with Crippen LogP contribution in [0.3, 0.4) is 0 Å². The van der Waals surface area contributed by atoms with Crippen molar-refractivity contribution in [1.82, 2.24) is 19.6 Å². The molecular formula is C25H29BrFN5O2. The van der Waals surface area contributed by atoms with Crippen LogP contribution in [0.4, 0.5) is 10.1 Å². The number of hydrogen-bond acceptors (Lipinski definition) is 5. The Morgan fingerprint density at radius 1 is 1.12 bits per heavy atom. The predicted molar refractivity (Wildman–Crippen MR) is 135 cm³/mol. The second-order valence-corrected chi connectivity index (χ2v) is 9.28. The molecular weight excluding hydrogens is 501 g/mol. The molecule has 9 heteroatoms. The van der Waals surface area contributed by atoms with E-state index in [4.69, 9.17) is 4.74 Å². The maximum atomic E-state index is 13.1. The number of aryl methyl sites for hydroxylation is 1. The van der Waals surface area contributed by atoms with Gasteiger partial charge in [0.1, 0.15) is 11.6 Å². The summed E-state index contributed by atoms with van der Waals surface area (Å²) in [6.45, 7) is 4.79. The molecule has 0 aliphatic carbocycles. The van der Waals surface area contributed by atoms with E-state index in [1.807, 2.05) is 37.4 Å². The Balaban J connectivity index is 1.29. The van der Waals surface area contributed by atoms with Gasteiger partial charge in [0.05, 0.1) is 30.0 Å². The molecule has 0 unspecified atom stereocenters. The third-order valence-electron chi connectivity index (χ3n) is 6.09. The molecule has 2 aromatic carbocycles. The van der Waals surface area contributed by atoms with Crippen LogP contribution >= 0.6 is 15.9 Å². The lowest BCUT2D eigenvalue weighted by Gasteiger charge is -2.34. The van der Waals surface area contributed by atoms with Gasteiger partial charge in [-0.2, -0.15) is 5.10 Å². The third-order valence-corrected chi connectivity index (χ3v) is 6.67. The number of anilines is 1. The molecule has 1 saturated heterocycles. The molecule has 34 heavy (non-hydrogen) atoms. The highest BCUT2D eigenvalue weighted by molar-refractivity contribution is 9.10. The van der Waals surface area contributed by atoms with Crippen LogP contribution in [0.25, 0.3) is 11.3 Å². The summed E-state index contributed by atoms with van der Waals surface area (Å²) >= 11 is 3.54. The first-order chi connectivity index (χ1) is 16.4. The number of ether oxygens (including phenoxy) is 1. The standard InChI is InChI=1S/C25H29BrFN5O2/c1-30-25(22(26)16-28-30)21-15-20(7-8-23(21)34-2)29-24(33)17-32-13-11-31(12-14-32)10-9-18-3-5-19(27)6-4-18/h3-8,15-16H,9-14,17H2,1-2H3,(H,29,33). The molecule has 0 saturated carbocycles. The van der Waals surface area contributed by atoms with Crippen LogP contribution in [0, 0.1) is 5.82 Å². The Morgan fingerprint density at radius 3 is 2.47 bits per heavy atom. The maximum absolute atomic E-state index is 13.1. The molecule has 1 fully saturated rings. The zero-order chi connectivity index (χ0) is 24.1. The van der Waals surface area contributed by atoms with Crippen molar-refractivity contribution >= 4 is 27.5 Å². The first-order valence-corrected chi connectivity index (χ1v) is 12.1. The maximum Gasteiger partial charge on any atom is 0.238 e. The second-order valence-electron chi connectivity index (χ2n) is 8.42. The van der Waals surface area contributed by atoms with Crippen LogP contribution in [-0.4, -0.2) is 71.9 Å². The highest BCUT2D eigenvalue weighted by Gasteiger charge is 2.20. The summed E-state index contributed by atoms with van der Waals surface area (Å²) in [6, 6.07) is 12.3. The van der Waals surface area contributed by atoms with Crippen LogP contribution in [-0.2, 0) is 18.3 Å². The molecule has 1 N–H and O–H groups in total. The van der Waals surface area contributed by atoms with Gasteiger partial charge < -0.3 is 15.0 Å². The smallest absolute Gasteiger partial charge is 0.238 e. The molecule has 1 amide bonds. The molecule has 180 valence electrons. The summed E-state index contributed by atoms with van der Waals surface area (Å²) in [5, 5.41) is 7.30. The minimum atomic E-state index is -0.202. The lowest BCUT2D eigenvalue weighted by Crippen LogP contribution is -2.49. The van der Waals surface area contributed by atoms with Gasteiger partial charge >= 0.3 is 0 Å². The molecule has 1 aromatic heterocycles. The minimum Gasteiger partial charge on any atom is -0.496 e. The molecule has 0 bridgehead atoms. The largest absolute Gasteiger partial charge is 0.496 e. The van der Waals surface area contributed by atoms with Gasteiger partial charge in [-0.3, -0.25) is 14.4 Å². The fourth-order valence-corrected chi connectivity index (χ4v) is 4.76. The number of aromatic nitrogens is 2. The average Bonchev–Trinajstić information content (AvgIpc) is 3.17. The van der Waals surface area contributed by atoms with E-state index in [1.165, 1.54) is 12.1 Å². The van der Waals surface area contributed by atoms with Gasteiger partial charge in [-0.1, -0.05) is 12.1 Å². The van der Waals surface area contributed by atoms with Crippen LogP contribution in [0.5, 0.6) is 5.75 Å². The number of rotatable bonds is 8. The topological polar surface area (TPSA) is 62.6 Å². The fraction of sp³-hybridized carbons (Fsp3) is 0.360. The summed E-state index contributed by atoms with van der Waals surface area (Å²) in [7, 11) is 3.49. The van der Waals surface area contributed by atoms with Gasteiger partial charge in [0.15, 0.2) is 0 Å². The van der Waals surface area contributed by atoms with Crippen LogP contribution in [0.1, 0.15) is 5.56 Å². The number of carbonyl (C=O) groups is 1. The van der Waals surface area contributed by atoms with Crippen molar-refractivity contribution in [2.45, 2.75) is 6.42 Å². The van der Waals surface area contributed by atoms with E-state index in [-0.39, 0.29) is 11.7 Å². The molecule has 4 rings (SSSR count). The quantitative estimate of drug-likeness (QED) is 0.480. The number of hydrogen-bond donors (Lipinski definition) is 1. The number of carbonyl (C=O) groups excluding carboxylic acids is 1. The van der Waals surface area contributed by atoms with Gasteiger partial charge in [-0.15, -0.1) is 0 Å². The lowest BCUT2D eigenvalue weighted by atomic mass is 10.1. The zero-order valence-electron chi connectivity index (χ0n) is 19.4. The van der Waals surface area contributed by atoms with Gasteiger partial charge in [0.25, 0.3) is 0 Å². The Labute approximate surface area is 207 Å². The molecule has 2 heterocycles. The van der Waals surface area contributed by atoms with Gasteiger partial charge in [0.2, 0.25) is 5.91 Å². The van der Waals surface area contributed by atoms with Crippen molar-refractivity contribution in [2.24, 2.45) is 7.05 Å². The molecule has 0 spiro atoms. The van der Waals surface area contributed by atoms with Crippen LogP contribution in [0.15, 0.2) is 53.1 Å². The Hall–Kier alpha value is -2.75. The van der Waals surface area contributed by atoms with Crippen molar-refractivity contribution in [1.29, 1.82) is 0 Å². The van der Waals surface area contributed by atoms with Gasteiger partial charge in [0, 0.05) is 51.0 Å². The first kappa shape index (κ1) is 24.4. The van der Waals surface area contributed by atoms with E-state index < -0.39 is 0 Å². The van der Waals surface area contributed by atoms with Crippen LogP contribution < -0.4 is 10.1 Å². The first-order valence-electron chi connectivity index (χ1n) is 11.3. The number of nitrogens with one attached hydrogen (secondary N) is 1. The van der Waals surface area contributed by atoms with E-state index in [1.54, 1.807) is 18.0 Å². The predicted octanol–water partition coefficient (Wildman–Crippen LogP) is 3.80. The van der Waals surface area contributed by atoms with E-state index >= 15 is 0 Å². The number of amides is 1. The monoisotopic (exact) mass is 529 g/mol. The highest BCUT2D eigenvalue weighted by Crippen LogP contribution is 2.36. The minimum absolute atomic E-state index is 0.0417. The molecule has 3 aromatic rings. The van der Waals surface area contributed by atoms with Crippen LogP contribution in [0.2, 0.25) is 0 Å². The summed E-state index contributed by atoms with van der Waals surface area (Å²) < 4.78 is 21.2. The van der Waals surface area contributed by atoms with Crippen molar-refractivity contribution < 1.29 is 13.9 Å². The Bertz CT molecular complexity index is 1110. The van der Waals surface area contributed by atoms with E-state index in [0.717, 1.165) is 60.4 Å². The molecule has 1 aliphatic heterocycles. The van der Waals surface area contributed by atoms with E-state index in [0.29, 0.717) is 18.0 Å². The number of halogens is 2. The lowest BCUT2D eigenvalue weighted by molar-refractivity contribution is -0.117. The Kier molecular flexibility index (Phi) is 7.97. The summed E-state index contributed by atoms with van der Waals surface area (Å²) in [5.41, 5.74) is 3.58. The normalized spacial score (nSPS) is 14.8. The van der Waals surface area contributed by atoms with Crippen molar-refractivity contribution in [2.75, 3.05) is 51.7 Å². The highest BCUT2D eigenvalue weighted by atomic mass is 79.9. The van der Waals surface area contributed by atoms with Crippen molar-refractivity contribution in [3.8, 4) is 17.0 Å². The second kappa shape index (κ2) is 11.1. The summed E-state index contributed by atoms with van der Waals surface area (Å²) in [5.74, 6) is 0.463. The third kappa shape index (κ3) is 6.02. The SMILES string of the molecule is COc1ccc(NC(=O)CN2CCN(CCc3ccc(F)cc3)CC2)cc1-c1c(Br)cnn1C. The van der Waals surface area contributed by atoms with E-state index in [9.17, 15) is 9.18 Å². The fourth-order valence-electron chi connectivity index (χ4n) is 4.20.